The van der Waals surface area contributed by atoms with E-state index >= 15 is 0 Å². The Balaban J connectivity index is 3.56. The lowest BCUT2D eigenvalue weighted by molar-refractivity contribution is 0.248. The van der Waals surface area contributed by atoms with Crippen LogP contribution in [-0.2, 0) is 0 Å². The minimum absolute atomic E-state index is 0.539. The SMILES string of the molecule is CCCCCCCCN(CC(N)=S)C(C)C. The normalized spacial score (nSPS) is 11.3. The van der Waals surface area contributed by atoms with Gasteiger partial charge >= 0.3 is 0 Å². The molecule has 0 aromatic rings. The van der Waals surface area contributed by atoms with E-state index in [1.54, 1.807) is 0 Å². The zero-order valence-corrected chi connectivity index (χ0v) is 12.0. The Morgan fingerprint density at radius 2 is 1.69 bits per heavy atom. The fourth-order valence-electron chi connectivity index (χ4n) is 1.82. The van der Waals surface area contributed by atoms with E-state index in [2.05, 4.69) is 25.7 Å². The maximum Gasteiger partial charge on any atom is 0.0870 e. The van der Waals surface area contributed by atoms with Gasteiger partial charge in [0.15, 0.2) is 0 Å². The van der Waals surface area contributed by atoms with Crippen LogP contribution in [0.4, 0.5) is 0 Å². The smallest absolute Gasteiger partial charge is 0.0870 e. The molecule has 0 bridgehead atoms. The lowest BCUT2D eigenvalue weighted by atomic mass is 10.1. The lowest BCUT2D eigenvalue weighted by Gasteiger charge is -2.25. The van der Waals surface area contributed by atoms with Crippen LogP contribution in [0.1, 0.15) is 59.3 Å². The molecular formula is C13H28N2S. The number of thiocarbonyl (C=S) groups is 1. The van der Waals surface area contributed by atoms with Crippen molar-refractivity contribution in [2.45, 2.75) is 65.3 Å². The van der Waals surface area contributed by atoms with E-state index in [4.69, 9.17) is 18.0 Å². The Labute approximate surface area is 107 Å². The van der Waals surface area contributed by atoms with Crippen molar-refractivity contribution in [3.8, 4) is 0 Å². The summed E-state index contributed by atoms with van der Waals surface area (Å²) < 4.78 is 0. The minimum Gasteiger partial charge on any atom is -0.392 e. The highest BCUT2D eigenvalue weighted by atomic mass is 32.1. The fourth-order valence-corrected chi connectivity index (χ4v) is 1.98. The molecular weight excluding hydrogens is 216 g/mol. The molecule has 0 amide bonds. The highest BCUT2D eigenvalue weighted by Crippen LogP contribution is 2.07. The number of hydrogen-bond acceptors (Lipinski definition) is 2. The third-order valence-corrected chi connectivity index (χ3v) is 3.02. The maximum atomic E-state index is 5.59. The Morgan fingerprint density at radius 1 is 1.12 bits per heavy atom. The van der Waals surface area contributed by atoms with Gasteiger partial charge in [-0.1, -0.05) is 51.2 Å². The van der Waals surface area contributed by atoms with Crippen molar-refractivity contribution < 1.29 is 0 Å². The minimum atomic E-state index is 0.539. The summed E-state index contributed by atoms with van der Waals surface area (Å²) in [4.78, 5) is 2.97. The van der Waals surface area contributed by atoms with Gasteiger partial charge in [0.2, 0.25) is 0 Å². The van der Waals surface area contributed by atoms with Gasteiger partial charge in [-0.25, -0.2) is 0 Å². The summed E-state index contributed by atoms with van der Waals surface area (Å²) >= 11 is 4.96. The Morgan fingerprint density at radius 3 is 2.19 bits per heavy atom. The monoisotopic (exact) mass is 244 g/mol. The molecule has 0 spiro atoms. The number of unbranched alkanes of at least 4 members (excludes halogenated alkanes) is 5. The average Bonchev–Trinajstić information content (AvgIpc) is 2.20. The molecule has 2 nitrogen and oxygen atoms in total. The first-order valence-corrected chi connectivity index (χ1v) is 7.01. The molecule has 96 valence electrons. The number of rotatable bonds is 10. The van der Waals surface area contributed by atoms with Gasteiger partial charge in [0.25, 0.3) is 0 Å². The molecule has 3 heteroatoms. The molecule has 0 rings (SSSR count). The van der Waals surface area contributed by atoms with Gasteiger partial charge in [-0.05, 0) is 26.8 Å². The molecule has 0 radical (unpaired) electrons. The molecule has 0 aliphatic carbocycles. The number of hydrogen-bond donors (Lipinski definition) is 1. The molecule has 0 atom stereocenters. The van der Waals surface area contributed by atoms with Gasteiger partial charge in [-0.3, -0.25) is 4.90 Å². The molecule has 0 aromatic heterocycles. The first-order chi connectivity index (χ1) is 7.57. The van der Waals surface area contributed by atoms with Gasteiger partial charge in [0.1, 0.15) is 0 Å². The topological polar surface area (TPSA) is 29.3 Å². The number of nitrogens with two attached hydrogens (primary N) is 1. The highest BCUT2D eigenvalue weighted by Gasteiger charge is 2.09. The highest BCUT2D eigenvalue weighted by molar-refractivity contribution is 7.80. The van der Waals surface area contributed by atoms with E-state index in [-0.39, 0.29) is 0 Å². The molecule has 0 aromatic carbocycles. The predicted molar refractivity (Wildman–Crippen MR) is 76.9 cm³/mol. The molecule has 0 aliphatic heterocycles. The second-order valence-electron chi connectivity index (χ2n) is 4.80. The van der Waals surface area contributed by atoms with E-state index in [1.165, 1.54) is 38.5 Å². The van der Waals surface area contributed by atoms with Gasteiger partial charge < -0.3 is 5.73 Å². The van der Waals surface area contributed by atoms with Crippen LogP contribution < -0.4 is 5.73 Å². The van der Waals surface area contributed by atoms with Crippen LogP contribution in [0.5, 0.6) is 0 Å². The van der Waals surface area contributed by atoms with Crippen molar-refractivity contribution in [3.63, 3.8) is 0 Å². The van der Waals surface area contributed by atoms with Crippen LogP contribution in [0, 0.1) is 0 Å². The molecule has 0 fully saturated rings. The Kier molecular flexibility index (Phi) is 9.94. The summed E-state index contributed by atoms with van der Waals surface area (Å²) in [5.41, 5.74) is 5.59. The first-order valence-electron chi connectivity index (χ1n) is 6.60. The van der Waals surface area contributed by atoms with E-state index in [0.717, 1.165) is 13.1 Å². The second kappa shape index (κ2) is 10.0. The maximum absolute atomic E-state index is 5.59. The van der Waals surface area contributed by atoms with Crippen LogP contribution in [0.25, 0.3) is 0 Å². The molecule has 0 heterocycles. The first kappa shape index (κ1) is 15.9. The summed E-state index contributed by atoms with van der Waals surface area (Å²) in [7, 11) is 0. The summed E-state index contributed by atoms with van der Waals surface area (Å²) in [6.45, 7) is 8.55. The van der Waals surface area contributed by atoms with Gasteiger partial charge in [0, 0.05) is 12.6 Å². The van der Waals surface area contributed by atoms with E-state index in [9.17, 15) is 0 Å². The summed E-state index contributed by atoms with van der Waals surface area (Å²) in [5.74, 6) is 0. The van der Waals surface area contributed by atoms with Crippen molar-refractivity contribution in [3.05, 3.63) is 0 Å². The number of nitrogens with zero attached hydrogens (tertiary/aromatic N) is 1. The summed E-state index contributed by atoms with van der Waals surface area (Å²) in [5, 5.41) is 0. The molecule has 0 aliphatic rings. The molecule has 0 saturated heterocycles. The third kappa shape index (κ3) is 9.10. The van der Waals surface area contributed by atoms with Crippen molar-refractivity contribution in [1.82, 2.24) is 4.90 Å². The van der Waals surface area contributed by atoms with Gasteiger partial charge in [0.05, 0.1) is 4.99 Å². The quantitative estimate of drug-likeness (QED) is 0.472. The largest absolute Gasteiger partial charge is 0.392 e. The fraction of sp³-hybridized carbons (Fsp3) is 0.923. The van der Waals surface area contributed by atoms with Crippen LogP contribution in [0.3, 0.4) is 0 Å². The third-order valence-electron chi connectivity index (χ3n) is 2.89. The molecule has 16 heavy (non-hydrogen) atoms. The second-order valence-corrected chi connectivity index (χ2v) is 5.32. The van der Waals surface area contributed by atoms with Crippen molar-refractivity contribution in [1.29, 1.82) is 0 Å². The Hall–Kier alpha value is -0.150. The van der Waals surface area contributed by atoms with Crippen molar-refractivity contribution in [2.24, 2.45) is 5.73 Å². The molecule has 0 saturated carbocycles. The lowest BCUT2D eigenvalue weighted by Crippen LogP contribution is -2.38. The van der Waals surface area contributed by atoms with E-state index in [0.29, 0.717) is 11.0 Å². The molecule has 0 unspecified atom stereocenters. The van der Waals surface area contributed by atoms with Crippen LogP contribution in [-0.4, -0.2) is 29.0 Å². The Bertz CT molecular complexity index is 181. The van der Waals surface area contributed by atoms with Crippen LogP contribution >= 0.6 is 12.2 Å². The van der Waals surface area contributed by atoms with E-state index in [1.807, 2.05) is 0 Å². The molecule has 2 N–H and O–H groups in total. The predicted octanol–water partition coefficient (Wildman–Crippen LogP) is 3.34. The summed E-state index contributed by atoms with van der Waals surface area (Å²) in [6.07, 6.45) is 8.05. The average molecular weight is 244 g/mol. The van der Waals surface area contributed by atoms with Crippen molar-refractivity contribution in [2.75, 3.05) is 13.1 Å². The summed E-state index contributed by atoms with van der Waals surface area (Å²) in [6, 6.07) is 0.539. The van der Waals surface area contributed by atoms with Crippen LogP contribution in [0.2, 0.25) is 0 Å². The van der Waals surface area contributed by atoms with Crippen molar-refractivity contribution >= 4 is 17.2 Å². The van der Waals surface area contributed by atoms with Gasteiger partial charge in [-0.15, -0.1) is 0 Å². The zero-order valence-electron chi connectivity index (χ0n) is 11.2. The standard InChI is InChI=1S/C13H28N2S/c1-4-5-6-7-8-9-10-15(12(2)3)11-13(14)16/h12H,4-11H2,1-3H3,(H2,14,16). The van der Waals surface area contributed by atoms with Crippen LogP contribution in [0.15, 0.2) is 0 Å². The van der Waals surface area contributed by atoms with Gasteiger partial charge in [-0.2, -0.15) is 0 Å². The zero-order chi connectivity index (χ0) is 12.4. The van der Waals surface area contributed by atoms with E-state index < -0.39 is 0 Å².